The van der Waals surface area contributed by atoms with Gasteiger partial charge < -0.3 is 4.74 Å². The Kier molecular flexibility index (Phi) is 7.96. The SMILES string of the molecule is CCCC(CCC)C(=O)CC(=O)OCC. The molecule has 0 saturated carbocycles. The number of esters is 1. The zero-order chi connectivity index (χ0) is 11.7. The van der Waals surface area contributed by atoms with E-state index in [2.05, 4.69) is 13.8 Å². The average molecular weight is 214 g/mol. The number of ether oxygens (including phenoxy) is 1. The van der Waals surface area contributed by atoms with Crippen LogP contribution in [0.2, 0.25) is 0 Å². The third-order valence-electron chi connectivity index (χ3n) is 2.35. The summed E-state index contributed by atoms with van der Waals surface area (Å²) in [5, 5.41) is 0. The molecule has 0 radical (unpaired) electrons. The molecular formula is C12H22O3. The molecule has 0 atom stereocenters. The van der Waals surface area contributed by atoms with Crippen LogP contribution in [-0.2, 0) is 14.3 Å². The predicted molar refractivity (Wildman–Crippen MR) is 59.6 cm³/mol. The van der Waals surface area contributed by atoms with E-state index >= 15 is 0 Å². The predicted octanol–water partition coefficient (Wildman–Crippen LogP) is 2.73. The second kappa shape index (κ2) is 8.45. The first-order chi connectivity index (χ1) is 7.15. The minimum Gasteiger partial charge on any atom is -0.466 e. The van der Waals surface area contributed by atoms with Crippen LogP contribution in [0.3, 0.4) is 0 Å². The average Bonchev–Trinajstić information content (AvgIpc) is 2.17. The summed E-state index contributed by atoms with van der Waals surface area (Å²) in [5.41, 5.74) is 0. The maximum absolute atomic E-state index is 11.7. The van der Waals surface area contributed by atoms with Gasteiger partial charge in [0.2, 0.25) is 0 Å². The van der Waals surface area contributed by atoms with Crippen LogP contribution in [0.25, 0.3) is 0 Å². The van der Waals surface area contributed by atoms with Gasteiger partial charge in [-0.3, -0.25) is 9.59 Å². The van der Waals surface area contributed by atoms with Crippen molar-refractivity contribution >= 4 is 11.8 Å². The minimum absolute atomic E-state index is 0.0390. The van der Waals surface area contributed by atoms with E-state index in [-0.39, 0.29) is 24.1 Å². The molecule has 0 aliphatic rings. The smallest absolute Gasteiger partial charge is 0.313 e. The van der Waals surface area contributed by atoms with Gasteiger partial charge in [-0.1, -0.05) is 26.7 Å². The van der Waals surface area contributed by atoms with E-state index in [1.807, 2.05) is 0 Å². The molecule has 0 bridgehead atoms. The van der Waals surface area contributed by atoms with Gasteiger partial charge >= 0.3 is 5.97 Å². The van der Waals surface area contributed by atoms with Crippen LogP contribution in [0.5, 0.6) is 0 Å². The lowest BCUT2D eigenvalue weighted by molar-refractivity contribution is -0.146. The Bertz CT molecular complexity index is 193. The molecule has 0 aliphatic heterocycles. The lowest BCUT2D eigenvalue weighted by Crippen LogP contribution is -2.19. The van der Waals surface area contributed by atoms with Gasteiger partial charge in [-0.25, -0.2) is 0 Å². The van der Waals surface area contributed by atoms with Crippen LogP contribution in [0.4, 0.5) is 0 Å². The molecule has 0 saturated heterocycles. The van der Waals surface area contributed by atoms with E-state index in [9.17, 15) is 9.59 Å². The molecule has 0 fully saturated rings. The fraction of sp³-hybridized carbons (Fsp3) is 0.833. The zero-order valence-corrected chi connectivity index (χ0v) is 10.0. The molecule has 88 valence electrons. The molecule has 0 amide bonds. The Morgan fingerprint density at radius 2 is 1.60 bits per heavy atom. The second-order valence-electron chi connectivity index (χ2n) is 3.72. The summed E-state index contributed by atoms with van der Waals surface area (Å²) in [6.45, 7) is 6.21. The van der Waals surface area contributed by atoms with E-state index in [0.29, 0.717) is 6.61 Å². The van der Waals surface area contributed by atoms with Crippen LogP contribution in [0.1, 0.15) is 52.9 Å². The molecule has 0 aromatic heterocycles. The quantitative estimate of drug-likeness (QED) is 0.461. The Morgan fingerprint density at radius 3 is 2.00 bits per heavy atom. The first kappa shape index (κ1) is 14.1. The van der Waals surface area contributed by atoms with Crippen LogP contribution in [0, 0.1) is 5.92 Å². The number of hydrogen-bond donors (Lipinski definition) is 0. The highest BCUT2D eigenvalue weighted by Crippen LogP contribution is 2.16. The summed E-state index contributed by atoms with van der Waals surface area (Å²) in [5.74, 6) is -0.304. The van der Waals surface area contributed by atoms with Crippen molar-refractivity contribution < 1.29 is 14.3 Å². The zero-order valence-electron chi connectivity index (χ0n) is 10.0. The lowest BCUT2D eigenvalue weighted by atomic mass is 9.92. The number of carbonyl (C=O) groups excluding carboxylic acids is 2. The molecular weight excluding hydrogens is 192 g/mol. The third-order valence-corrected chi connectivity index (χ3v) is 2.35. The Balaban J connectivity index is 4.06. The van der Waals surface area contributed by atoms with E-state index in [4.69, 9.17) is 4.74 Å². The maximum Gasteiger partial charge on any atom is 0.313 e. The molecule has 3 nitrogen and oxygen atoms in total. The van der Waals surface area contributed by atoms with Crippen LogP contribution < -0.4 is 0 Å². The van der Waals surface area contributed by atoms with Crippen molar-refractivity contribution in [1.82, 2.24) is 0 Å². The molecule has 3 heteroatoms. The van der Waals surface area contributed by atoms with Crippen molar-refractivity contribution in [2.24, 2.45) is 5.92 Å². The van der Waals surface area contributed by atoms with Gasteiger partial charge in [0.15, 0.2) is 0 Å². The fourth-order valence-corrected chi connectivity index (χ4v) is 1.66. The first-order valence-corrected chi connectivity index (χ1v) is 5.83. The second-order valence-corrected chi connectivity index (χ2v) is 3.72. The van der Waals surface area contributed by atoms with Crippen LogP contribution in [-0.4, -0.2) is 18.4 Å². The maximum atomic E-state index is 11.7. The largest absolute Gasteiger partial charge is 0.466 e. The molecule has 0 N–H and O–H groups in total. The van der Waals surface area contributed by atoms with Gasteiger partial charge in [0, 0.05) is 5.92 Å². The molecule has 0 spiro atoms. The number of rotatable bonds is 8. The highest BCUT2D eigenvalue weighted by atomic mass is 16.5. The van der Waals surface area contributed by atoms with Crippen LogP contribution in [0.15, 0.2) is 0 Å². The molecule has 0 unspecified atom stereocenters. The molecule has 15 heavy (non-hydrogen) atoms. The monoisotopic (exact) mass is 214 g/mol. The van der Waals surface area contributed by atoms with Gasteiger partial charge in [-0.2, -0.15) is 0 Å². The van der Waals surface area contributed by atoms with E-state index in [0.717, 1.165) is 25.7 Å². The summed E-state index contributed by atoms with van der Waals surface area (Å²) >= 11 is 0. The highest BCUT2D eigenvalue weighted by molar-refractivity contribution is 5.96. The topological polar surface area (TPSA) is 43.4 Å². The van der Waals surface area contributed by atoms with Crippen molar-refractivity contribution in [3.05, 3.63) is 0 Å². The lowest BCUT2D eigenvalue weighted by Gasteiger charge is -2.13. The van der Waals surface area contributed by atoms with E-state index < -0.39 is 0 Å². The Labute approximate surface area is 92.2 Å². The third kappa shape index (κ3) is 6.26. The molecule has 0 aromatic carbocycles. The summed E-state index contributed by atoms with van der Waals surface area (Å²) in [6, 6.07) is 0. The van der Waals surface area contributed by atoms with E-state index in [1.165, 1.54) is 0 Å². The van der Waals surface area contributed by atoms with Gasteiger partial charge in [0.1, 0.15) is 12.2 Å². The summed E-state index contributed by atoms with van der Waals surface area (Å²) in [6.07, 6.45) is 3.68. The Morgan fingerprint density at radius 1 is 1.07 bits per heavy atom. The summed E-state index contributed by atoms with van der Waals surface area (Å²) < 4.78 is 4.76. The number of Topliss-reactive ketones (excluding diaryl/α,β-unsaturated/α-hetero) is 1. The number of carbonyl (C=O) groups is 2. The van der Waals surface area contributed by atoms with Crippen molar-refractivity contribution in [3.8, 4) is 0 Å². The van der Waals surface area contributed by atoms with Gasteiger partial charge in [-0.05, 0) is 19.8 Å². The number of ketones is 1. The summed E-state index contributed by atoms with van der Waals surface area (Å²) in [4.78, 5) is 22.8. The summed E-state index contributed by atoms with van der Waals surface area (Å²) in [7, 11) is 0. The van der Waals surface area contributed by atoms with Gasteiger partial charge in [-0.15, -0.1) is 0 Å². The standard InChI is InChI=1S/C12H22O3/c1-4-7-10(8-5-2)11(13)9-12(14)15-6-3/h10H,4-9H2,1-3H3. The van der Waals surface area contributed by atoms with Crippen molar-refractivity contribution in [3.63, 3.8) is 0 Å². The molecule has 0 aliphatic carbocycles. The normalized spacial score (nSPS) is 10.4. The molecule has 0 aromatic rings. The van der Waals surface area contributed by atoms with Crippen molar-refractivity contribution in [1.29, 1.82) is 0 Å². The Hall–Kier alpha value is -0.860. The van der Waals surface area contributed by atoms with Gasteiger partial charge in [0.25, 0.3) is 0 Å². The van der Waals surface area contributed by atoms with E-state index in [1.54, 1.807) is 6.92 Å². The fourth-order valence-electron chi connectivity index (χ4n) is 1.66. The highest BCUT2D eigenvalue weighted by Gasteiger charge is 2.19. The number of hydrogen-bond acceptors (Lipinski definition) is 3. The van der Waals surface area contributed by atoms with Crippen molar-refractivity contribution in [2.45, 2.75) is 52.9 Å². The molecule has 0 heterocycles. The minimum atomic E-state index is -0.389. The first-order valence-electron chi connectivity index (χ1n) is 5.83. The van der Waals surface area contributed by atoms with Gasteiger partial charge in [0.05, 0.1) is 6.61 Å². The van der Waals surface area contributed by atoms with Crippen molar-refractivity contribution in [2.75, 3.05) is 6.61 Å². The molecule has 0 rings (SSSR count). The van der Waals surface area contributed by atoms with Crippen LogP contribution >= 0.6 is 0 Å².